The van der Waals surface area contributed by atoms with Gasteiger partial charge in [-0.05, 0) is 237 Å². The van der Waals surface area contributed by atoms with Crippen molar-refractivity contribution >= 4 is 64.1 Å². The lowest BCUT2D eigenvalue weighted by Gasteiger charge is -2.44. The lowest BCUT2D eigenvalue weighted by atomic mass is 9.89. The molecule has 23 heteroatoms. The Morgan fingerprint density at radius 2 is 0.905 bits per heavy atom. The molecule has 9 atom stereocenters. The zero-order chi connectivity index (χ0) is 88.0. The maximum Gasteiger partial charge on any atom is 0.306 e. The number of benzene rings is 7. The summed E-state index contributed by atoms with van der Waals surface area (Å²) in [5.41, 5.74) is 24.5. The Labute approximate surface area is 743 Å². The molecule has 4 fully saturated rings. The van der Waals surface area contributed by atoms with E-state index in [1.165, 1.54) is 64.4 Å². The van der Waals surface area contributed by atoms with Gasteiger partial charge in [0.15, 0.2) is 17.2 Å². The summed E-state index contributed by atoms with van der Waals surface area (Å²) in [7, 11) is 8.15. The molecule has 15 aliphatic rings. The number of rotatable bonds is 14. The second-order valence-electron chi connectivity index (χ2n) is 36.5. The number of carbonyl (C=O) groups excluding carboxylic acids is 8. The van der Waals surface area contributed by atoms with Crippen molar-refractivity contribution in [2.45, 2.75) is 221 Å². The van der Waals surface area contributed by atoms with E-state index in [1.807, 2.05) is 106 Å². The van der Waals surface area contributed by atoms with Crippen LogP contribution in [0.25, 0.3) is 0 Å². The van der Waals surface area contributed by atoms with Crippen LogP contribution in [0.1, 0.15) is 240 Å². The van der Waals surface area contributed by atoms with E-state index in [4.69, 9.17) is 14.2 Å². The Morgan fingerprint density at radius 3 is 1.40 bits per heavy atom. The highest BCUT2D eigenvalue weighted by Gasteiger charge is 2.54. The van der Waals surface area contributed by atoms with Crippen LogP contribution in [0.3, 0.4) is 0 Å². The number of anilines is 3. The molecule has 0 aromatic heterocycles. The van der Waals surface area contributed by atoms with Crippen molar-refractivity contribution in [2.75, 3.05) is 135 Å². The molecular formula is C103H129N11O12. The monoisotopic (exact) mass is 1710 g/mol. The molecule has 126 heavy (non-hydrogen) atoms. The average molecular weight is 1710 g/mol. The SMILES string of the molecule is C1CCOC1.CCC(=O)CC1(O)C(=O)N(C2CCN(C3Cc4cccc5c4C3N(C)CC5)CC2)c2ccccc21.CCOC(=O)CC1C(=O)N(C2CCN(C3Cc4cccc5c4C3N(C)CC5)CC2)c2ccccc21.CCOC(=O)CC1C(=O)N(C2CCNCC2)c2ccccc21.CN.CN1CCc2cccc3c2C1CC3=O.O=C1CC2NCCc3cccc1c32. The van der Waals surface area contributed by atoms with Crippen molar-refractivity contribution in [1.82, 2.24) is 35.1 Å². The van der Waals surface area contributed by atoms with Crippen LogP contribution in [0, 0.1) is 0 Å². The predicted octanol–water partition coefficient (Wildman–Crippen LogP) is 12.4. The summed E-state index contributed by atoms with van der Waals surface area (Å²) in [6, 6.07) is 52.2. The maximum absolute atomic E-state index is 13.6. The van der Waals surface area contributed by atoms with Crippen LogP contribution in [-0.4, -0.2) is 227 Å². The molecule has 9 unspecified atom stereocenters. The topological polar surface area (TPSA) is 260 Å². The fourth-order valence-corrected chi connectivity index (χ4v) is 23.3. The van der Waals surface area contributed by atoms with Crippen molar-refractivity contribution in [3.05, 3.63) is 229 Å². The molecule has 3 amide bonds. The summed E-state index contributed by atoms with van der Waals surface area (Å²) in [6.45, 7) is 18.1. The number of ether oxygens (including phenoxy) is 3. The molecule has 5 N–H and O–H groups in total. The van der Waals surface area contributed by atoms with E-state index in [0.717, 1.165) is 195 Å². The number of hydrogen-bond donors (Lipinski definition) is 4. The lowest BCUT2D eigenvalue weighted by molar-refractivity contribution is -0.145. The van der Waals surface area contributed by atoms with Crippen molar-refractivity contribution in [3.63, 3.8) is 0 Å². The van der Waals surface area contributed by atoms with Crippen molar-refractivity contribution in [1.29, 1.82) is 0 Å². The van der Waals surface area contributed by atoms with Gasteiger partial charge < -0.3 is 50.4 Å². The Bertz CT molecular complexity index is 5140. The zero-order valence-electron chi connectivity index (χ0n) is 74.8. The molecule has 7 aromatic carbocycles. The number of nitrogens with one attached hydrogen (secondary N) is 2. The van der Waals surface area contributed by atoms with Gasteiger partial charge in [0.25, 0.3) is 5.91 Å². The van der Waals surface area contributed by atoms with Crippen LogP contribution in [0.4, 0.5) is 17.1 Å². The highest BCUT2D eigenvalue weighted by molar-refractivity contribution is 6.10. The number of likely N-dealkylation sites (tertiary alicyclic amines) is 2. The van der Waals surface area contributed by atoms with Crippen LogP contribution in [-0.2, 0) is 87.1 Å². The van der Waals surface area contributed by atoms with Gasteiger partial charge in [-0.1, -0.05) is 134 Å². The molecule has 7 aromatic rings. The molecule has 22 rings (SSSR count). The van der Waals surface area contributed by atoms with Gasteiger partial charge in [0.05, 0.1) is 55.7 Å². The second kappa shape index (κ2) is 40.0. The molecular weight excluding hydrogens is 1580 g/mol. The number of nitrogens with two attached hydrogens (primary N) is 1. The van der Waals surface area contributed by atoms with E-state index in [0.29, 0.717) is 85.9 Å². The number of amides is 3. The van der Waals surface area contributed by atoms with Gasteiger partial charge in [-0.3, -0.25) is 62.9 Å². The summed E-state index contributed by atoms with van der Waals surface area (Å²) < 4.78 is 15.1. The molecule has 0 radical (unpaired) electrons. The number of piperidine rings is 3. The van der Waals surface area contributed by atoms with E-state index in [-0.39, 0.29) is 72.8 Å². The largest absolute Gasteiger partial charge is 0.466 e. The summed E-state index contributed by atoms with van der Waals surface area (Å²) in [5, 5.41) is 18.2. The number of fused-ring (bicyclic) bond motifs is 3. The first-order chi connectivity index (χ1) is 61.3. The molecule has 0 saturated carbocycles. The summed E-state index contributed by atoms with van der Waals surface area (Å²) in [5.74, 6) is -1.13. The highest BCUT2D eigenvalue weighted by atomic mass is 16.5. The molecule has 668 valence electrons. The number of likely N-dealkylation sites (N-methyl/N-ethyl adjacent to an activating group) is 3. The lowest BCUT2D eigenvalue weighted by Crippen LogP contribution is -2.53. The first kappa shape index (κ1) is 89.9. The number of esters is 2. The van der Waals surface area contributed by atoms with Crippen LogP contribution in [0.2, 0.25) is 0 Å². The van der Waals surface area contributed by atoms with Gasteiger partial charge in [-0.25, -0.2) is 0 Å². The van der Waals surface area contributed by atoms with E-state index in [9.17, 15) is 43.5 Å². The second-order valence-corrected chi connectivity index (χ2v) is 36.5. The number of ketones is 3. The third kappa shape index (κ3) is 18.0. The minimum Gasteiger partial charge on any atom is -0.466 e. The predicted molar refractivity (Wildman–Crippen MR) is 489 cm³/mol. The summed E-state index contributed by atoms with van der Waals surface area (Å²) >= 11 is 0. The number of nitrogens with zero attached hydrogens (tertiary/aromatic N) is 8. The fourth-order valence-electron chi connectivity index (χ4n) is 23.3. The van der Waals surface area contributed by atoms with Crippen LogP contribution in [0.15, 0.2) is 146 Å². The zero-order valence-corrected chi connectivity index (χ0v) is 74.8. The minimum atomic E-state index is -1.74. The van der Waals surface area contributed by atoms with Gasteiger partial charge in [-0.2, -0.15) is 0 Å². The van der Waals surface area contributed by atoms with Crippen molar-refractivity contribution < 1.29 is 57.7 Å². The molecule has 23 nitrogen and oxygen atoms in total. The van der Waals surface area contributed by atoms with E-state index in [2.05, 4.69) is 111 Å². The number of carbonyl (C=O) groups is 8. The molecule has 4 aliphatic carbocycles. The van der Waals surface area contributed by atoms with Crippen molar-refractivity contribution in [3.8, 4) is 0 Å². The van der Waals surface area contributed by atoms with E-state index >= 15 is 0 Å². The molecule has 0 spiro atoms. The smallest absolute Gasteiger partial charge is 0.306 e. The Balaban J connectivity index is 0.000000119. The van der Waals surface area contributed by atoms with E-state index in [1.54, 1.807) is 38.0 Å². The van der Waals surface area contributed by atoms with Gasteiger partial charge in [-0.15, -0.1) is 0 Å². The summed E-state index contributed by atoms with van der Waals surface area (Å²) in [6.07, 6.45) is 16.5. The summed E-state index contributed by atoms with van der Waals surface area (Å²) in [4.78, 5) is 118. The van der Waals surface area contributed by atoms with Gasteiger partial charge in [0.2, 0.25) is 11.8 Å². The van der Waals surface area contributed by atoms with E-state index < -0.39 is 17.4 Å². The Kier molecular flexibility index (Phi) is 28.6. The molecule has 11 heterocycles. The first-order valence-corrected chi connectivity index (χ1v) is 46.9. The van der Waals surface area contributed by atoms with Crippen LogP contribution in [0.5, 0.6) is 0 Å². The van der Waals surface area contributed by atoms with Gasteiger partial charge in [0.1, 0.15) is 5.78 Å². The standard InChI is InChI=1S/2C29H35N3O3.C17H22N2O3.C12H13NO.C11H11NO.C4H8O.CH5N/c1-3-35-26(33)18-23-22-9-4-5-10-24(22)32(29(23)34)21-12-15-31(16-13-21)25-17-20-8-6-7-19-11-14-30(2)28(25)27(19)20;1-3-22(33)18-29(35)23-9-4-5-10-24(23)32(28(29)34)21-12-15-31(16-13-21)25-17-20-8-6-7-19-11-14-30(2)27(25)26(19)20;1-2-22-16(20)11-14-13-5-3-4-6-15(13)19(17(14)21)12-7-9-18-10-8-12;1-13-6-5-8-3-2-4-9-11(14)7-10(13)12(8)9;13-10-6-9-11-7(4-5-12-9)2-1-3-8(10)11;1-2-4-5-3-1;1-2/h4-10,21,23,25,28H,3,11-18H2,1-2H3;4-10,21,25,27,35H,3,11-18H2,1-2H3;3-6,12,14,18H,2,7-11H2,1H3;2-4,10H,5-7H2,1H3;1-3,9,12H,4-6H2;1-4H2;2H2,1H3. The van der Waals surface area contributed by atoms with Gasteiger partial charge in [0, 0.05) is 155 Å². The average Bonchev–Trinajstić information content (AvgIpc) is 1.57. The highest BCUT2D eigenvalue weighted by Crippen LogP contribution is 2.51. The maximum atomic E-state index is 13.6. The Hall–Kier alpha value is -9.50. The number of aliphatic hydroxyl groups is 1. The quantitative estimate of drug-likeness (QED) is 0.0738. The third-order valence-corrected chi connectivity index (χ3v) is 29.4. The third-order valence-electron chi connectivity index (χ3n) is 29.4. The number of Topliss-reactive ketones (excluding diaryl/α,β-unsaturated/α-hetero) is 3. The first-order valence-electron chi connectivity index (χ1n) is 46.9. The normalized spacial score (nSPS) is 25.6. The molecule has 4 saturated heterocycles. The minimum absolute atomic E-state index is 0.0362. The van der Waals surface area contributed by atoms with Crippen molar-refractivity contribution in [2.24, 2.45) is 5.73 Å². The molecule has 11 aliphatic heterocycles. The number of hydrogen-bond acceptors (Lipinski definition) is 20. The van der Waals surface area contributed by atoms with Gasteiger partial charge >= 0.3 is 11.9 Å². The fraction of sp³-hybridized carbons (Fsp3) is 0.515. The van der Waals surface area contributed by atoms with Crippen LogP contribution < -0.4 is 31.1 Å². The van der Waals surface area contributed by atoms with Crippen LogP contribution >= 0.6 is 0 Å². The number of para-hydroxylation sites is 3. The Morgan fingerprint density at radius 1 is 0.468 bits per heavy atom. The molecule has 0 bridgehead atoms.